The molecule has 0 bridgehead atoms. The van der Waals surface area contributed by atoms with Crippen LogP contribution >= 0.6 is 0 Å². The Hall–Kier alpha value is -1.58. The summed E-state index contributed by atoms with van der Waals surface area (Å²) in [4.78, 5) is 0. The SMILES string of the molecule is Cn1cc(-c2ccn(C)n2)cn1. The summed E-state index contributed by atoms with van der Waals surface area (Å²) in [5.74, 6) is 0. The van der Waals surface area contributed by atoms with Crippen molar-refractivity contribution in [2.24, 2.45) is 14.1 Å². The van der Waals surface area contributed by atoms with Gasteiger partial charge in [-0.2, -0.15) is 10.2 Å². The van der Waals surface area contributed by atoms with Gasteiger partial charge >= 0.3 is 0 Å². The van der Waals surface area contributed by atoms with E-state index in [1.165, 1.54) is 0 Å². The highest BCUT2D eigenvalue weighted by Gasteiger charge is 2.01. The molecule has 0 atom stereocenters. The number of hydrogen-bond donors (Lipinski definition) is 0. The normalized spacial score (nSPS) is 10.5. The topological polar surface area (TPSA) is 35.6 Å². The number of nitrogens with zero attached hydrogens (tertiary/aromatic N) is 4. The van der Waals surface area contributed by atoms with Crippen molar-refractivity contribution in [3.05, 3.63) is 24.7 Å². The standard InChI is InChI=1S/C8H10N4/c1-11-4-3-8(10-11)7-5-9-12(2)6-7/h3-6H,1-2H3. The van der Waals surface area contributed by atoms with Gasteiger partial charge < -0.3 is 0 Å². The molecule has 2 aromatic heterocycles. The maximum atomic E-state index is 4.26. The van der Waals surface area contributed by atoms with Crippen molar-refractivity contribution in [3.63, 3.8) is 0 Å². The van der Waals surface area contributed by atoms with E-state index in [-0.39, 0.29) is 0 Å². The second kappa shape index (κ2) is 2.48. The lowest BCUT2D eigenvalue weighted by Crippen LogP contribution is -1.87. The van der Waals surface area contributed by atoms with Gasteiger partial charge in [0, 0.05) is 32.1 Å². The number of hydrogen-bond acceptors (Lipinski definition) is 2. The first-order chi connectivity index (χ1) is 5.75. The maximum Gasteiger partial charge on any atom is 0.0954 e. The Balaban J connectivity index is 2.43. The van der Waals surface area contributed by atoms with Crippen LogP contribution < -0.4 is 0 Å². The molecule has 0 aliphatic carbocycles. The van der Waals surface area contributed by atoms with Crippen molar-refractivity contribution >= 4 is 0 Å². The molecular weight excluding hydrogens is 152 g/mol. The van der Waals surface area contributed by atoms with E-state index in [2.05, 4.69) is 10.2 Å². The molecule has 0 saturated carbocycles. The summed E-state index contributed by atoms with van der Waals surface area (Å²) in [6.45, 7) is 0. The molecule has 4 nitrogen and oxygen atoms in total. The van der Waals surface area contributed by atoms with Crippen LogP contribution in [0, 0.1) is 0 Å². The fourth-order valence-electron chi connectivity index (χ4n) is 1.12. The Bertz CT molecular complexity index is 347. The number of aromatic nitrogens is 4. The van der Waals surface area contributed by atoms with Crippen LogP contribution in [0.4, 0.5) is 0 Å². The Labute approximate surface area is 70.4 Å². The van der Waals surface area contributed by atoms with Crippen LogP contribution in [-0.4, -0.2) is 19.6 Å². The fourth-order valence-corrected chi connectivity index (χ4v) is 1.12. The second-order valence-corrected chi connectivity index (χ2v) is 2.78. The van der Waals surface area contributed by atoms with E-state index in [4.69, 9.17) is 0 Å². The van der Waals surface area contributed by atoms with Crippen LogP contribution in [0.15, 0.2) is 24.7 Å². The van der Waals surface area contributed by atoms with E-state index < -0.39 is 0 Å². The van der Waals surface area contributed by atoms with Crippen molar-refractivity contribution in [1.29, 1.82) is 0 Å². The van der Waals surface area contributed by atoms with Crippen molar-refractivity contribution in [2.45, 2.75) is 0 Å². The van der Waals surface area contributed by atoms with E-state index in [1.807, 2.05) is 38.8 Å². The van der Waals surface area contributed by atoms with Crippen molar-refractivity contribution < 1.29 is 0 Å². The molecule has 0 fully saturated rings. The highest BCUT2D eigenvalue weighted by atomic mass is 15.3. The Kier molecular flexibility index (Phi) is 1.46. The van der Waals surface area contributed by atoms with Crippen LogP contribution in [0.2, 0.25) is 0 Å². The monoisotopic (exact) mass is 162 g/mol. The first-order valence-electron chi connectivity index (χ1n) is 3.74. The van der Waals surface area contributed by atoms with E-state index in [9.17, 15) is 0 Å². The van der Waals surface area contributed by atoms with Gasteiger partial charge in [0.15, 0.2) is 0 Å². The van der Waals surface area contributed by atoms with Crippen LogP contribution in [0.3, 0.4) is 0 Å². The molecule has 0 saturated heterocycles. The van der Waals surface area contributed by atoms with Crippen LogP contribution in [0.25, 0.3) is 11.3 Å². The summed E-state index contributed by atoms with van der Waals surface area (Å²) in [5, 5.41) is 8.33. The van der Waals surface area contributed by atoms with Gasteiger partial charge in [-0.3, -0.25) is 9.36 Å². The molecule has 4 heteroatoms. The lowest BCUT2D eigenvalue weighted by atomic mass is 10.3. The first kappa shape index (κ1) is 7.09. The minimum atomic E-state index is 0.964. The summed E-state index contributed by atoms with van der Waals surface area (Å²) in [6.07, 6.45) is 5.67. The third kappa shape index (κ3) is 1.11. The summed E-state index contributed by atoms with van der Waals surface area (Å²) in [5.41, 5.74) is 2.02. The maximum absolute atomic E-state index is 4.26. The highest BCUT2D eigenvalue weighted by Crippen LogP contribution is 2.14. The predicted molar refractivity (Wildman–Crippen MR) is 45.4 cm³/mol. The average molecular weight is 162 g/mol. The lowest BCUT2D eigenvalue weighted by Gasteiger charge is -1.87. The van der Waals surface area contributed by atoms with Crippen LogP contribution in [-0.2, 0) is 14.1 Å². The molecule has 2 rings (SSSR count). The summed E-state index contributed by atoms with van der Waals surface area (Å²) in [6, 6.07) is 1.97. The van der Waals surface area contributed by atoms with Gasteiger partial charge in [0.05, 0.1) is 11.9 Å². The molecule has 0 radical (unpaired) electrons. The third-order valence-electron chi connectivity index (χ3n) is 1.71. The van der Waals surface area contributed by atoms with Gasteiger partial charge in [0.2, 0.25) is 0 Å². The first-order valence-corrected chi connectivity index (χ1v) is 3.74. The molecule has 0 unspecified atom stereocenters. The molecular formula is C8H10N4. The molecule has 0 N–H and O–H groups in total. The molecule has 2 heterocycles. The zero-order valence-electron chi connectivity index (χ0n) is 7.10. The van der Waals surface area contributed by atoms with Crippen molar-refractivity contribution in [2.75, 3.05) is 0 Å². The fraction of sp³-hybridized carbons (Fsp3) is 0.250. The van der Waals surface area contributed by atoms with E-state index in [0.717, 1.165) is 11.3 Å². The summed E-state index contributed by atoms with van der Waals surface area (Å²) >= 11 is 0. The average Bonchev–Trinajstić information content (AvgIpc) is 2.58. The Morgan fingerprint density at radius 2 is 2.08 bits per heavy atom. The second-order valence-electron chi connectivity index (χ2n) is 2.78. The zero-order valence-corrected chi connectivity index (χ0v) is 7.10. The minimum absolute atomic E-state index is 0.964. The molecule has 0 aliphatic heterocycles. The molecule has 12 heavy (non-hydrogen) atoms. The number of aryl methyl sites for hydroxylation is 2. The van der Waals surface area contributed by atoms with Gasteiger partial charge in [0.1, 0.15) is 0 Å². The van der Waals surface area contributed by atoms with E-state index in [1.54, 1.807) is 9.36 Å². The van der Waals surface area contributed by atoms with Gasteiger partial charge in [-0.25, -0.2) is 0 Å². The largest absolute Gasteiger partial charge is 0.275 e. The molecule has 0 amide bonds. The van der Waals surface area contributed by atoms with Gasteiger partial charge in [-0.05, 0) is 6.07 Å². The van der Waals surface area contributed by atoms with Gasteiger partial charge in [-0.15, -0.1) is 0 Å². The third-order valence-corrected chi connectivity index (χ3v) is 1.71. The predicted octanol–water partition coefficient (Wildman–Crippen LogP) is 0.821. The molecule has 0 aliphatic rings. The van der Waals surface area contributed by atoms with E-state index >= 15 is 0 Å². The molecule has 62 valence electrons. The quantitative estimate of drug-likeness (QED) is 0.622. The van der Waals surface area contributed by atoms with E-state index in [0.29, 0.717) is 0 Å². The van der Waals surface area contributed by atoms with Crippen molar-refractivity contribution in [3.8, 4) is 11.3 Å². The number of rotatable bonds is 1. The Morgan fingerprint density at radius 3 is 2.58 bits per heavy atom. The zero-order chi connectivity index (χ0) is 8.55. The molecule has 2 aromatic rings. The summed E-state index contributed by atoms with van der Waals surface area (Å²) < 4.78 is 3.55. The highest BCUT2D eigenvalue weighted by molar-refractivity contribution is 5.55. The Morgan fingerprint density at radius 1 is 1.25 bits per heavy atom. The minimum Gasteiger partial charge on any atom is -0.275 e. The van der Waals surface area contributed by atoms with Gasteiger partial charge in [0.25, 0.3) is 0 Å². The van der Waals surface area contributed by atoms with Crippen molar-refractivity contribution in [1.82, 2.24) is 19.6 Å². The van der Waals surface area contributed by atoms with Gasteiger partial charge in [-0.1, -0.05) is 0 Å². The summed E-state index contributed by atoms with van der Waals surface area (Å²) in [7, 11) is 3.80. The lowest BCUT2D eigenvalue weighted by molar-refractivity contribution is 0.766. The van der Waals surface area contributed by atoms with Crippen LogP contribution in [0.1, 0.15) is 0 Å². The molecule has 0 spiro atoms. The molecule has 0 aromatic carbocycles. The smallest absolute Gasteiger partial charge is 0.0954 e. The van der Waals surface area contributed by atoms with Crippen LogP contribution in [0.5, 0.6) is 0 Å².